The van der Waals surface area contributed by atoms with E-state index in [0.717, 1.165) is 116 Å². The first-order chi connectivity index (χ1) is 37.4. The summed E-state index contributed by atoms with van der Waals surface area (Å²) in [6, 6.07) is -0.916. The number of nitrogens with zero attached hydrogens (tertiary/aromatic N) is 1. The van der Waals surface area contributed by atoms with E-state index < -0.39 is 26.6 Å². The molecule has 0 saturated heterocycles. The minimum Gasteiger partial charge on any atom is -0.756 e. The Bertz CT molecular complexity index is 1730. The van der Waals surface area contributed by atoms with Crippen molar-refractivity contribution in [1.29, 1.82) is 0 Å². The lowest BCUT2D eigenvalue weighted by Crippen LogP contribution is -2.47. The molecule has 0 fully saturated rings. The van der Waals surface area contributed by atoms with Gasteiger partial charge in [-0.25, -0.2) is 0 Å². The predicted molar refractivity (Wildman–Crippen MR) is 330 cm³/mol. The zero-order chi connectivity index (χ0) is 56.4. The van der Waals surface area contributed by atoms with Crippen molar-refractivity contribution in [3.8, 4) is 0 Å². The summed E-state index contributed by atoms with van der Waals surface area (Å²) in [5.41, 5.74) is 0. The Labute approximate surface area is 473 Å². The summed E-state index contributed by atoms with van der Waals surface area (Å²) in [6.07, 6.45) is 77.3. The van der Waals surface area contributed by atoms with E-state index in [9.17, 15) is 19.0 Å². The Morgan fingerprint density at radius 3 is 1.39 bits per heavy atom. The summed E-state index contributed by atoms with van der Waals surface area (Å²) in [4.78, 5) is 40.0. The smallest absolute Gasteiger partial charge is 0.306 e. The second-order valence-electron chi connectivity index (χ2n) is 21.5. The first-order valence-corrected chi connectivity index (χ1v) is 32.3. The highest BCUT2D eigenvalue weighted by Gasteiger charge is 2.27. The van der Waals surface area contributed by atoms with Gasteiger partial charge in [0.2, 0.25) is 5.91 Å². The number of ether oxygens (including phenoxy) is 1. The number of carbonyl (C=O) groups excluding carboxylic acids is 2. The molecule has 0 aromatic heterocycles. The molecule has 1 N–H and O–H groups in total. The van der Waals surface area contributed by atoms with Crippen LogP contribution in [0.2, 0.25) is 0 Å². The Kier molecular flexibility index (Phi) is 53.1. The Morgan fingerprint density at radius 2 is 0.896 bits per heavy atom. The van der Waals surface area contributed by atoms with Gasteiger partial charge in [-0.15, -0.1) is 0 Å². The number of esters is 1. The predicted octanol–water partition coefficient (Wildman–Crippen LogP) is 18.5. The fourth-order valence-electron chi connectivity index (χ4n) is 8.23. The summed E-state index contributed by atoms with van der Waals surface area (Å²) in [7, 11) is 1.14. The van der Waals surface area contributed by atoms with Crippen LogP contribution in [0.3, 0.4) is 0 Å². The lowest BCUT2D eigenvalue weighted by molar-refractivity contribution is -0.870. The van der Waals surface area contributed by atoms with Gasteiger partial charge in [-0.2, -0.15) is 0 Å². The summed E-state index contributed by atoms with van der Waals surface area (Å²) < 4.78 is 30.3. The molecule has 0 radical (unpaired) electrons. The van der Waals surface area contributed by atoms with Crippen LogP contribution in [0, 0.1) is 0 Å². The third kappa shape index (κ3) is 56.9. The molecule has 0 aliphatic heterocycles. The number of phosphoric ester groups is 1. The molecule has 9 nitrogen and oxygen atoms in total. The molecule has 3 unspecified atom stereocenters. The molecule has 10 heteroatoms. The standard InChI is InChI=1S/C67H115N2O7P/c1-7-10-13-16-19-22-25-28-30-31-32-33-34-35-36-37-39-41-44-47-50-53-56-59-66(70)68-64(63-75-77(72,73)74-62-61-69(4,5)6)65(58-55-52-49-46-43-40-27-24-21-18-15-12-9-3)76-67(71)60-57-54-51-48-45-42-38-29-26-23-20-17-14-11-8-2/h10-11,13-14,17,19-20,22-23,26,28,30,32-33,35-36,39,41,55,58,64-65H,7-9,12,15-16,18,21,24-25,27,29,31,34,37-38,40,42-54,56-57,59-63H2,1-6H3,(H-,68,70,72,73)/b13-10-,14-11+,20-17+,22-19-,26-23+,30-28-,33-32-,36-35-,41-39-,58-55-. The number of hydrogen-bond donors (Lipinski definition) is 1. The molecule has 0 saturated carbocycles. The molecule has 0 aliphatic carbocycles. The SMILES string of the molecule is CC/C=C\C/C=C\C/C=C\C/C=C\C/C=C\C/C=C\CCCCCCC(=O)NC(COP(=O)([O-])OCC[N+](C)(C)C)C(/C=C\CCCCCCCCCCCCC)OC(=O)CCCCCCCCC/C=C/C=C/C=C/CC. The molecule has 0 aromatic carbocycles. The van der Waals surface area contributed by atoms with Gasteiger partial charge < -0.3 is 28.5 Å². The fraction of sp³-hybridized carbons (Fsp3) is 0.672. The maximum Gasteiger partial charge on any atom is 0.306 e. The van der Waals surface area contributed by atoms with Crippen LogP contribution in [0.4, 0.5) is 0 Å². The number of hydrogen-bond acceptors (Lipinski definition) is 7. The van der Waals surface area contributed by atoms with Crippen molar-refractivity contribution in [2.75, 3.05) is 40.9 Å². The van der Waals surface area contributed by atoms with Crippen molar-refractivity contribution < 1.29 is 37.3 Å². The first-order valence-electron chi connectivity index (χ1n) is 30.9. The van der Waals surface area contributed by atoms with E-state index in [1.165, 1.54) is 77.0 Å². The molecular weight excluding hydrogens is 976 g/mol. The van der Waals surface area contributed by atoms with Crippen LogP contribution < -0.4 is 10.2 Å². The number of carbonyl (C=O) groups is 2. The number of likely N-dealkylation sites (N-methyl/N-ethyl adjacent to an activating group) is 1. The van der Waals surface area contributed by atoms with Gasteiger partial charge in [0.15, 0.2) is 0 Å². The van der Waals surface area contributed by atoms with E-state index in [2.05, 4.69) is 135 Å². The van der Waals surface area contributed by atoms with Crippen LogP contribution in [0.25, 0.3) is 0 Å². The van der Waals surface area contributed by atoms with E-state index in [0.29, 0.717) is 23.9 Å². The van der Waals surface area contributed by atoms with E-state index >= 15 is 0 Å². The van der Waals surface area contributed by atoms with Gasteiger partial charge in [-0.05, 0) is 102 Å². The van der Waals surface area contributed by atoms with E-state index in [1.54, 1.807) is 0 Å². The van der Waals surface area contributed by atoms with E-state index in [-0.39, 0.29) is 31.3 Å². The maximum absolute atomic E-state index is 13.5. The van der Waals surface area contributed by atoms with Gasteiger partial charge in [-0.1, -0.05) is 245 Å². The first kappa shape index (κ1) is 73.4. The van der Waals surface area contributed by atoms with Gasteiger partial charge >= 0.3 is 5.97 Å². The zero-order valence-electron chi connectivity index (χ0n) is 50.1. The highest BCUT2D eigenvalue weighted by Crippen LogP contribution is 2.38. The molecule has 0 aliphatic rings. The summed E-state index contributed by atoms with van der Waals surface area (Å²) >= 11 is 0. The normalized spacial score (nSPS) is 14.5. The van der Waals surface area contributed by atoms with Crippen molar-refractivity contribution >= 4 is 19.7 Å². The number of unbranched alkanes of at least 4 members (excludes halogenated alkanes) is 22. The Balaban J connectivity index is 5.34. The molecule has 1 amide bonds. The highest BCUT2D eigenvalue weighted by molar-refractivity contribution is 7.45. The van der Waals surface area contributed by atoms with Crippen molar-refractivity contribution in [1.82, 2.24) is 5.32 Å². The summed E-state index contributed by atoms with van der Waals surface area (Å²) in [5, 5.41) is 3.01. The molecule has 77 heavy (non-hydrogen) atoms. The lowest BCUT2D eigenvalue weighted by Gasteiger charge is -2.30. The summed E-state index contributed by atoms with van der Waals surface area (Å²) in [5.74, 6) is -0.592. The topological polar surface area (TPSA) is 114 Å². The second-order valence-corrected chi connectivity index (χ2v) is 22.9. The molecule has 0 rings (SSSR count). The van der Waals surface area contributed by atoms with Crippen molar-refractivity contribution in [2.24, 2.45) is 0 Å². The third-order valence-corrected chi connectivity index (χ3v) is 13.9. The molecule has 3 atom stereocenters. The quantitative estimate of drug-likeness (QED) is 0.0161. The minimum absolute atomic E-state index is 0.0364. The largest absolute Gasteiger partial charge is 0.756 e. The average molecular weight is 1090 g/mol. The van der Waals surface area contributed by atoms with Crippen LogP contribution in [0.5, 0.6) is 0 Å². The van der Waals surface area contributed by atoms with Gasteiger partial charge in [0, 0.05) is 12.8 Å². The number of allylic oxidation sites excluding steroid dienone is 19. The van der Waals surface area contributed by atoms with E-state index in [1.807, 2.05) is 33.3 Å². The number of rotatable bonds is 54. The van der Waals surface area contributed by atoms with Crippen molar-refractivity contribution in [2.45, 2.75) is 251 Å². The van der Waals surface area contributed by atoms with Crippen molar-refractivity contribution in [3.63, 3.8) is 0 Å². The maximum atomic E-state index is 13.5. The third-order valence-electron chi connectivity index (χ3n) is 12.9. The second kappa shape index (κ2) is 55.7. The van der Waals surface area contributed by atoms with Gasteiger partial charge in [0.25, 0.3) is 7.82 Å². The van der Waals surface area contributed by atoms with Crippen LogP contribution in [0.1, 0.15) is 239 Å². The molecule has 0 spiro atoms. The number of nitrogens with one attached hydrogen (secondary N) is 1. The van der Waals surface area contributed by atoms with Crippen molar-refractivity contribution in [3.05, 3.63) is 122 Å². The molecule has 0 bridgehead atoms. The number of quaternary nitrogens is 1. The lowest BCUT2D eigenvalue weighted by atomic mass is 10.0. The Hall–Kier alpha value is -3.59. The monoisotopic (exact) mass is 1090 g/mol. The summed E-state index contributed by atoms with van der Waals surface area (Å²) in [6.45, 7) is 6.56. The van der Waals surface area contributed by atoms with Gasteiger partial charge in [-0.3, -0.25) is 14.2 Å². The number of phosphoric acid groups is 1. The van der Waals surface area contributed by atoms with Gasteiger partial charge in [0.1, 0.15) is 19.3 Å². The molecule has 440 valence electrons. The van der Waals surface area contributed by atoms with Gasteiger partial charge in [0.05, 0.1) is 33.8 Å². The van der Waals surface area contributed by atoms with Crippen LogP contribution >= 0.6 is 7.82 Å². The van der Waals surface area contributed by atoms with E-state index in [4.69, 9.17) is 13.8 Å². The minimum atomic E-state index is -4.72. The zero-order valence-corrected chi connectivity index (χ0v) is 51.0. The molecule has 0 heterocycles. The molecule has 0 aromatic rings. The number of amides is 1. The highest BCUT2D eigenvalue weighted by atomic mass is 31.2. The van der Waals surface area contributed by atoms with Crippen LogP contribution in [-0.4, -0.2) is 69.4 Å². The van der Waals surface area contributed by atoms with Crippen LogP contribution in [-0.2, 0) is 27.9 Å². The van der Waals surface area contributed by atoms with Crippen LogP contribution in [0.15, 0.2) is 122 Å². The molecular formula is C67H115N2O7P. The Morgan fingerprint density at radius 1 is 0.481 bits per heavy atom. The fourth-order valence-corrected chi connectivity index (χ4v) is 8.95. The average Bonchev–Trinajstić information content (AvgIpc) is 3.39.